The van der Waals surface area contributed by atoms with Gasteiger partial charge in [-0.3, -0.25) is 4.79 Å². The Morgan fingerprint density at radius 3 is 2.41 bits per heavy atom. The predicted octanol–water partition coefficient (Wildman–Crippen LogP) is 3.17. The molecule has 0 saturated heterocycles. The molecule has 2 rings (SSSR count). The summed E-state index contributed by atoms with van der Waals surface area (Å²) < 4.78 is 10.5. The first-order chi connectivity index (χ1) is 12.4. The number of hydrogen-bond donors (Lipinski definition) is 1. The maximum absolute atomic E-state index is 12.7. The number of fused-ring (bicyclic) bond motifs is 1. The van der Waals surface area contributed by atoms with Crippen LogP contribution in [0.1, 0.15) is 45.0 Å². The van der Waals surface area contributed by atoms with E-state index in [-0.39, 0.29) is 12.1 Å². The van der Waals surface area contributed by atoms with Gasteiger partial charge in [-0.05, 0) is 46.8 Å². The third-order valence-corrected chi connectivity index (χ3v) is 3.69. The Hall–Kier alpha value is -2.83. The molecular formula is C20H26N2O5. The smallest absolute Gasteiger partial charge is 0.408 e. The molecule has 0 unspecified atom stereocenters. The van der Waals surface area contributed by atoms with E-state index in [2.05, 4.69) is 5.32 Å². The normalized spacial score (nSPS) is 11.9. The molecule has 0 bridgehead atoms. The lowest BCUT2D eigenvalue weighted by Gasteiger charge is -2.32. The molecule has 0 spiro atoms. The molecule has 2 aromatic rings. The molecule has 0 aliphatic rings. The number of ether oxygens (including phenoxy) is 1. The van der Waals surface area contributed by atoms with Crippen LogP contribution in [-0.4, -0.2) is 41.6 Å². The van der Waals surface area contributed by atoms with Gasteiger partial charge in [0.15, 0.2) is 0 Å². The molecule has 7 heteroatoms. The van der Waals surface area contributed by atoms with Gasteiger partial charge in [-0.1, -0.05) is 18.2 Å². The number of alkyl carbamates (subject to hydrolysis) is 1. The number of carbonyl (C=O) groups excluding carboxylic acids is 2. The molecule has 2 amide bonds. The van der Waals surface area contributed by atoms with Gasteiger partial charge >= 0.3 is 11.7 Å². The van der Waals surface area contributed by atoms with Crippen LogP contribution in [0.4, 0.5) is 4.79 Å². The number of nitrogens with zero attached hydrogens (tertiary/aromatic N) is 1. The monoisotopic (exact) mass is 374 g/mol. The van der Waals surface area contributed by atoms with Crippen LogP contribution < -0.4 is 10.9 Å². The first-order valence-electron chi connectivity index (χ1n) is 8.67. The molecule has 0 fully saturated rings. The van der Waals surface area contributed by atoms with E-state index in [1.165, 1.54) is 11.0 Å². The van der Waals surface area contributed by atoms with Crippen molar-refractivity contribution in [1.29, 1.82) is 0 Å². The van der Waals surface area contributed by atoms with Gasteiger partial charge < -0.3 is 19.4 Å². The number of benzene rings is 1. The van der Waals surface area contributed by atoms with Crippen molar-refractivity contribution in [1.82, 2.24) is 10.2 Å². The Morgan fingerprint density at radius 1 is 1.15 bits per heavy atom. The Bertz CT molecular complexity index is 908. The van der Waals surface area contributed by atoms with Crippen LogP contribution in [0.2, 0.25) is 0 Å². The predicted molar refractivity (Wildman–Crippen MR) is 103 cm³/mol. The summed E-state index contributed by atoms with van der Waals surface area (Å²) in [6, 6.07) is 8.51. The van der Waals surface area contributed by atoms with Gasteiger partial charge in [-0.2, -0.15) is 0 Å². The first kappa shape index (κ1) is 20.5. The van der Waals surface area contributed by atoms with Crippen molar-refractivity contribution >= 4 is 23.0 Å². The molecule has 27 heavy (non-hydrogen) atoms. The second-order valence-electron chi connectivity index (χ2n) is 8.16. The molecule has 0 aliphatic carbocycles. The van der Waals surface area contributed by atoms with Crippen molar-refractivity contribution in [2.45, 2.75) is 45.8 Å². The highest BCUT2D eigenvalue weighted by atomic mass is 16.6. The van der Waals surface area contributed by atoms with Crippen LogP contribution >= 0.6 is 0 Å². The Kier molecular flexibility index (Phi) is 5.63. The minimum absolute atomic E-state index is 0.0516. The molecule has 7 nitrogen and oxygen atoms in total. The van der Waals surface area contributed by atoms with Gasteiger partial charge in [0.25, 0.3) is 5.91 Å². The topological polar surface area (TPSA) is 88.8 Å². The van der Waals surface area contributed by atoms with Crippen molar-refractivity contribution in [3.8, 4) is 0 Å². The molecule has 1 aromatic heterocycles. The Labute approximate surface area is 158 Å². The molecule has 0 saturated carbocycles. The molecular weight excluding hydrogens is 348 g/mol. The van der Waals surface area contributed by atoms with Crippen molar-refractivity contribution < 1.29 is 18.7 Å². The summed E-state index contributed by atoms with van der Waals surface area (Å²) in [5.41, 5.74) is -1.70. The molecule has 1 N–H and O–H groups in total. The molecule has 0 atom stereocenters. The highest BCUT2D eigenvalue weighted by Crippen LogP contribution is 2.15. The second-order valence-corrected chi connectivity index (χ2v) is 8.16. The van der Waals surface area contributed by atoms with Crippen LogP contribution in [0.3, 0.4) is 0 Å². The van der Waals surface area contributed by atoms with Gasteiger partial charge in [-0.15, -0.1) is 0 Å². The number of amides is 2. The van der Waals surface area contributed by atoms with E-state index in [1.807, 2.05) is 0 Å². The lowest BCUT2D eigenvalue weighted by Crippen LogP contribution is -2.53. The summed E-state index contributed by atoms with van der Waals surface area (Å²) in [4.78, 5) is 38.3. The summed E-state index contributed by atoms with van der Waals surface area (Å²) >= 11 is 0. The minimum Gasteiger partial charge on any atom is -0.444 e. The standard InChI is InChI=1S/C20H26N2O5/c1-19(2,3)27-18(25)21-20(4,5)12-22(6)16(23)14-11-13-9-7-8-10-15(13)26-17(14)24/h7-11H,12H2,1-6H3,(H,21,25). The highest BCUT2D eigenvalue weighted by molar-refractivity contribution is 5.96. The van der Waals surface area contributed by atoms with Crippen molar-refractivity contribution in [2.75, 3.05) is 13.6 Å². The van der Waals surface area contributed by atoms with Gasteiger partial charge in [0, 0.05) is 19.0 Å². The number of hydrogen-bond acceptors (Lipinski definition) is 5. The Balaban J connectivity index is 2.14. The SMILES string of the molecule is CN(CC(C)(C)NC(=O)OC(C)(C)C)C(=O)c1cc2ccccc2oc1=O. The van der Waals surface area contributed by atoms with Crippen molar-refractivity contribution in [3.63, 3.8) is 0 Å². The van der Waals surface area contributed by atoms with Crippen LogP contribution in [0.25, 0.3) is 11.0 Å². The molecule has 1 aromatic carbocycles. The fourth-order valence-electron chi connectivity index (χ4n) is 2.70. The number of nitrogens with one attached hydrogen (secondary N) is 1. The average molecular weight is 374 g/mol. The quantitative estimate of drug-likeness (QED) is 0.831. The van der Waals surface area contributed by atoms with Crippen LogP contribution in [0, 0.1) is 0 Å². The molecule has 146 valence electrons. The van der Waals surface area contributed by atoms with E-state index in [0.29, 0.717) is 11.0 Å². The zero-order chi connectivity index (χ0) is 20.4. The fourth-order valence-corrected chi connectivity index (χ4v) is 2.70. The number of carbonyl (C=O) groups is 2. The third-order valence-electron chi connectivity index (χ3n) is 3.69. The number of para-hydroxylation sites is 1. The maximum atomic E-state index is 12.7. The maximum Gasteiger partial charge on any atom is 0.408 e. The summed E-state index contributed by atoms with van der Waals surface area (Å²) in [6.07, 6.45) is -0.571. The lowest BCUT2D eigenvalue weighted by atomic mass is 10.0. The summed E-state index contributed by atoms with van der Waals surface area (Å²) in [5, 5.41) is 3.40. The van der Waals surface area contributed by atoms with Crippen LogP contribution in [0.5, 0.6) is 0 Å². The highest BCUT2D eigenvalue weighted by Gasteiger charge is 2.28. The Morgan fingerprint density at radius 2 is 1.78 bits per heavy atom. The zero-order valence-electron chi connectivity index (χ0n) is 16.6. The van der Waals surface area contributed by atoms with Crippen LogP contribution in [-0.2, 0) is 4.74 Å². The summed E-state index contributed by atoms with van der Waals surface area (Å²) in [7, 11) is 1.56. The van der Waals surface area contributed by atoms with Gasteiger partial charge in [0.05, 0.1) is 5.54 Å². The molecule has 1 heterocycles. The van der Waals surface area contributed by atoms with Gasteiger partial charge in [0.2, 0.25) is 0 Å². The zero-order valence-corrected chi connectivity index (χ0v) is 16.6. The summed E-state index contributed by atoms with van der Waals surface area (Å²) in [6.45, 7) is 9.03. The van der Waals surface area contributed by atoms with Crippen molar-refractivity contribution in [2.24, 2.45) is 0 Å². The van der Waals surface area contributed by atoms with Crippen LogP contribution in [0.15, 0.2) is 39.5 Å². The van der Waals surface area contributed by atoms with E-state index in [0.717, 1.165) is 0 Å². The fraction of sp³-hybridized carbons (Fsp3) is 0.450. The van der Waals surface area contributed by atoms with Gasteiger partial charge in [-0.25, -0.2) is 9.59 Å². The van der Waals surface area contributed by atoms with E-state index in [9.17, 15) is 14.4 Å². The molecule has 0 aliphatic heterocycles. The molecule has 0 radical (unpaired) electrons. The van der Waals surface area contributed by atoms with E-state index >= 15 is 0 Å². The average Bonchev–Trinajstić information content (AvgIpc) is 2.50. The third kappa shape index (κ3) is 5.57. The first-order valence-corrected chi connectivity index (χ1v) is 8.67. The van der Waals surface area contributed by atoms with E-state index in [1.54, 1.807) is 65.9 Å². The van der Waals surface area contributed by atoms with Crippen molar-refractivity contribution in [3.05, 3.63) is 46.3 Å². The minimum atomic E-state index is -0.760. The van der Waals surface area contributed by atoms with E-state index < -0.39 is 28.8 Å². The largest absolute Gasteiger partial charge is 0.444 e. The summed E-state index contributed by atoms with van der Waals surface area (Å²) in [5.74, 6) is -0.478. The van der Waals surface area contributed by atoms with Gasteiger partial charge in [0.1, 0.15) is 16.7 Å². The lowest BCUT2D eigenvalue weighted by molar-refractivity contribution is 0.0441. The second kappa shape index (κ2) is 7.42. The van der Waals surface area contributed by atoms with E-state index in [4.69, 9.17) is 9.15 Å². The number of likely N-dealkylation sites (N-methyl/N-ethyl adjacent to an activating group) is 1. The number of rotatable bonds is 4.